The number of aliphatic carboxylic acids is 1. The Bertz CT molecular complexity index is 348. The zero-order valence-electron chi connectivity index (χ0n) is 11.1. The number of nitrogens with zero attached hydrogens (tertiary/aromatic N) is 2. The van der Waals surface area contributed by atoms with Crippen molar-refractivity contribution in [2.45, 2.75) is 25.7 Å². The SMILES string of the molecule is O=C(O)[C@@H]1CCCN(C(=O)N2CCC(CCO)C2)C1. The average Bonchev–Trinajstić information content (AvgIpc) is 2.87. The van der Waals surface area contributed by atoms with Crippen LogP contribution in [0.15, 0.2) is 0 Å². The molecular weight excluding hydrogens is 248 g/mol. The van der Waals surface area contributed by atoms with Gasteiger partial charge >= 0.3 is 12.0 Å². The highest BCUT2D eigenvalue weighted by Gasteiger charge is 2.33. The Balaban J connectivity index is 1.87. The summed E-state index contributed by atoms with van der Waals surface area (Å²) < 4.78 is 0. The molecule has 2 fully saturated rings. The molecule has 2 amide bonds. The topological polar surface area (TPSA) is 81.1 Å². The highest BCUT2D eigenvalue weighted by Crippen LogP contribution is 2.23. The molecule has 108 valence electrons. The molecule has 1 unspecified atom stereocenters. The number of carbonyl (C=O) groups excluding carboxylic acids is 1. The minimum atomic E-state index is -0.808. The normalized spacial score (nSPS) is 27.6. The summed E-state index contributed by atoms with van der Waals surface area (Å²) in [6.07, 6.45) is 3.09. The molecule has 2 saturated heterocycles. The lowest BCUT2D eigenvalue weighted by atomic mass is 9.99. The first-order valence-electron chi connectivity index (χ1n) is 6.99. The first kappa shape index (κ1) is 14.1. The van der Waals surface area contributed by atoms with Crippen LogP contribution >= 0.6 is 0 Å². The maximum absolute atomic E-state index is 12.3. The standard InChI is InChI=1S/C13H22N2O4/c16-7-4-10-3-6-15(8-10)13(19)14-5-1-2-11(9-14)12(17)18/h10-11,16H,1-9H2,(H,17,18)/t10?,11-/m1/s1. The molecule has 2 aliphatic heterocycles. The summed E-state index contributed by atoms with van der Waals surface area (Å²) in [6.45, 7) is 2.56. The van der Waals surface area contributed by atoms with Crippen molar-refractivity contribution in [3.05, 3.63) is 0 Å². The molecule has 2 N–H and O–H groups in total. The van der Waals surface area contributed by atoms with Crippen molar-refractivity contribution in [2.75, 3.05) is 32.8 Å². The molecule has 0 aliphatic carbocycles. The van der Waals surface area contributed by atoms with E-state index in [2.05, 4.69) is 0 Å². The number of hydrogen-bond acceptors (Lipinski definition) is 3. The maximum Gasteiger partial charge on any atom is 0.320 e. The van der Waals surface area contributed by atoms with E-state index in [0.717, 1.165) is 25.8 Å². The Morgan fingerprint density at radius 1 is 1.11 bits per heavy atom. The van der Waals surface area contributed by atoms with Gasteiger partial charge in [-0.1, -0.05) is 0 Å². The molecular formula is C13H22N2O4. The van der Waals surface area contributed by atoms with Crippen molar-refractivity contribution < 1.29 is 19.8 Å². The van der Waals surface area contributed by atoms with E-state index in [0.29, 0.717) is 32.0 Å². The Kier molecular flexibility index (Phi) is 4.63. The third-order valence-corrected chi connectivity index (χ3v) is 4.13. The predicted molar refractivity (Wildman–Crippen MR) is 68.7 cm³/mol. The summed E-state index contributed by atoms with van der Waals surface area (Å²) in [7, 11) is 0. The lowest BCUT2D eigenvalue weighted by Gasteiger charge is -2.33. The Morgan fingerprint density at radius 3 is 2.53 bits per heavy atom. The summed E-state index contributed by atoms with van der Waals surface area (Å²) in [5.74, 6) is -0.848. The zero-order valence-corrected chi connectivity index (χ0v) is 11.1. The van der Waals surface area contributed by atoms with Crippen molar-refractivity contribution in [3.8, 4) is 0 Å². The van der Waals surface area contributed by atoms with Crippen LogP contribution in [0, 0.1) is 11.8 Å². The van der Waals surface area contributed by atoms with E-state index in [4.69, 9.17) is 10.2 Å². The molecule has 6 heteroatoms. The van der Waals surface area contributed by atoms with Crippen LogP contribution in [0.5, 0.6) is 0 Å². The number of carbonyl (C=O) groups is 2. The molecule has 0 radical (unpaired) electrons. The summed E-state index contributed by atoms with van der Waals surface area (Å²) in [4.78, 5) is 26.8. The zero-order chi connectivity index (χ0) is 13.8. The van der Waals surface area contributed by atoms with Crippen molar-refractivity contribution in [2.24, 2.45) is 11.8 Å². The fourth-order valence-electron chi connectivity index (χ4n) is 2.98. The van der Waals surface area contributed by atoms with Crippen LogP contribution in [-0.2, 0) is 4.79 Å². The predicted octanol–water partition coefficient (Wildman–Crippen LogP) is 0.607. The average molecular weight is 270 g/mol. The van der Waals surface area contributed by atoms with Crippen molar-refractivity contribution in [1.82, 2.24) is 9.80 Å². The number of likely N-dealkylation sites (tertiary alicyclic amines) is 2. The van der Waals surface area contributed by atoms with Gasteiger partial charge in [-0.15, -0.1) is 0 Å². The van der Waals surface area contributed by atoms with Crippen LogP contribution in [0.4, 0.5) is 4.79 Å². The maximum atomic E-state index is 12.3. The molecule has 2 heterocycles. The van der Waals surface area contributed by atoms with Crippen LogP contribution in [0.2, 0.25) is 0 Å². The quantitative estimate of drug-likeness (QED) is 0.787. The largest absolute Gasteiger partial charge is 0.481 e. The van der Waals surface area contributed by atoms with Crippen molar-refractivity contribution >= 4 is 12.0 Å². The molecule has 6 nitrogen and oxygen atoms in total. The second-order valence-electron chi connectivity index (χ2n) is 5.52. The summed E-state index contributed by atoms with van der Waals surface area (Å²) in [5, 5.41) is 18.0. The molecule has 0 spiro atoms. The summed E-state index contributed by atoms with van der Waals surface area (Å²) in [5.41, 5.74) is 0. The van der Waals surface area contributed by atoms with Gasteiger partial charge in [0.15, 0.2) is 0 Å². The Morgan fingerprint density at radius 2 is 1.84 bits per heavy atom. The second-order valence-corrected chi connectivity index (χ2v) is 5.52. The summed E-state index contributed by atoms with van der Waals surface area (Å²) >= 11 is 0. The third-order valence-electron chi connectivity index (χ3n) is 4.13. The molecule has 2 rings (SSSR count). The van der Waals surface area contributed by atoms with Crippen molar-refractivity contribution in [1.29, 1.82) is 0 Å². The molecule has 2 aliphatic rings. The number of piperidine rings is 1. The van der Waals surface area contributed by atoms with Gasteiger partial charge in [-0.3, -0.25) is 4.79 Å². The first-order chi connectivity index (χ1) is 9.11. The lowest BCUT2D eigenvalue weighted by molar-refractivity contribution is -0.143. The fraction of sp³-hybridized carbons (Fsp3) is 0.846. The molecule has 0 bridgehead atoms. The number of rotatable bonds is 3. The van der Waals surface area contributed by atoms with Crippen LogP contribution in [0.3, 0.4) is 0 Å². The number of carboxylic acid groups (broad SMARTS) is 1. The number of aliphatic hydroxyl groups is 1. The smallest absolute Gasteiger partial charge is 0.320 e. The van der Waals surface area contributed by atoms with Crippen LogP contribution in [-0.4, -0.2) is 64.8 Å². The second kappa shape index (κ2) is 6.23. The third kappa shape index (κ3) is 3.37. The van der Waals surface area contributed by atoms with E-state index in [9.17, 15) is 9.59 Å². The first-order valence-corrected chi connectivity index (χ1v) is 6.99. The van der Waals surface area contributed by atoms with Gasteiger partial charge in [-0.25, -0.2) is 4.79 Å². The number of carboxylic acids is 1. The number of hydrogen-bond donors (Lipinski definition) is 2. The Labute approximate surface area is 113 Å². The molecule has 19 heavy (non-hydrogen) atoms. The minimum Gasteiger partial charge on any atom is -0.481 e. The van der Waals surface area contributed by atoms with Gasteiger partial charge in [-0.2, -0.15) is 0 Å². The highest BCUT2D eigenvalue weighted by molar-refractivity contribution is 5.77. The lowest BCUT2D eigenvalue weighted by Crippen LogP contribution is -2.48. The van der Waals surface area contributed by atoms with Gasteiger partial charge in [0.05, 0.1) is 5.92 Å². The van der Waals surface area contributed by atoms with Gasteiger partial charge in [0.1, 0.15) is 0 Å². The molecule has 0 aromatic rings. The minimum absolute atomic E-state index is 0.0358. The van der Waals surface area contributed by atoms with Gasteiger partial charge in [0, 0.05) is 32.8 Å². The van der Waals surface area contributed by atoms with Crippen LogP contribution in [0.25, 0.3) is 0 Å². The van der Waals surface area contributed by atoms with E-state index in [1.807, 2.05) is 0 Å². The van der Waals surface area contributed by atoms with Crippen LogP contribution < -0.4 is 0 Å². The molecule has 0 aromatic carbocycles. The van der Waals surface area contributed by atoms with Gasteiger partial charge < -0.3 is 20.0 Å². The summed E-state index contributed by atoms with van der Waals surface area (Å²) in [6, 6.07) is -0.0358. The number of aliphatic hydroxyl groups excluding tert-OH is 1. The Hall–Kier alpha value is -1.30. The van der Waals surface area contributed by atoms with Gasteiger partial charge in [0.25, 0.3) is 0 Å². The molecule has 2 atom stereocenters. The van der Waals surface area contributed by atoms with E-state index < -0.39 is 11.9 Å². The van der Waals surface area contributed by atoms with E-state index in [-0.39, 0.29) is 12.6 Å². The number of urea groups is 1. The monoisotopic (exact) mass is 270 g/mol. The van der Waals surface area contributed by atoms with E-state index in [1.165, 1.54) is 0 Å². The van der Waals surface area contributed by atoms with E-state index >= 15 is 0 Å². The highest BCUT2D eigenvalue weighted by atomic mass is 16.4. The number of amides is 2. The van der Waals surface area contributed by atoms with Crippen molar-refractivity contribution in [3.63, 3.8) is 0 Å². The van der Waals surface area contributed by atoms with Crippen LogP contribution in [0.1, 0.15) is 25.7 Å². The van der Waals surface area contributed by atoms with Gasteiger partial charge in [-0.05, 0) is 31.6 Å². The molecule has 0 saturated carbocycles. The molecule has 0 aromatic heterocycles. The van der Waals surface area contributed by atoms with E-state index in [1.54, 1.807) is 9.80 Å². The fourth-order valence-corrected chi connectivity index (χ4v) is 2.98. The van der Waals surface area contributed by atoms with Gasteiger partial charge in [0.2, 0.25) is 0 Å².